The lowest BCUT2D eigenvalue weighted by atomic mass is 9.71. The Kier molecular flexibility index (Phi) is 7.34. The number of hydrazine groups is 1. The number of imidazole rings is 1. The lowest BCUT2D eigenvalue weighted by Crippen LogP contribution is -2.45. The van der Waals surface area contributed by atoms with Crippen LogP contribution in [0.3, 0.4) is 0 Å². The highest BCUT2D eigenvalue weighted by Gasteiger charge is 2.48. The second kappa shape index (κ2) is 10.8. The van der Waals surface area contributed by atoms with Gasteiger partial charge in [0, 0.05) is 38.1 Å². The second-order valence-electron chi connectivity index (χ2n) is 11.3. The minimum Gasteiger partial charge on any atom is -0.508 e. The molecular weight excluding hydrogens is 469 g/mol. The molecule has 6 rings (SSSR count). The van der Waals surface area contributed by atoms with Crippen molar-refractivity contribution in [2.45, 2.75) is 69.6 Å². The number of ether oxygens (including phenoxy) is 1. The van der Waals surface area contributed by atoms with Crippen molar-refractivity contribution in [1.29, 1.82) is 0 Å². The van der Waals surface area contributed by atoms with Crippen LogP contribution in [0.5, 0.6) is 5.75 Å². The summed E-state index contributed by atoms with van der Waals surface area (Å²) in [4.78, 5) is 10.8. The van der Waals surface area contributed by atoms with Crippen LogP contribution in [0.2, 0.25) is 0 Å². The molecule has 200 valence electrons. The van der Waals surface area contributed by atoms with E-state index in [1.54, 1.807) is 12.1 Å². The Morgan fingerprint density at radius 1 is 1.22 bits per heavy atom. The first-order valence-electron chi connectivity index (χ1n) is 14.1. The number of phenols is 1. The number of phenolic OH excluding ortho intramolecular Hbond substituents is 1. The van der Waals surface area contributed by atoms with Crippen molar-refractivity contribution < 1.29 is 14.2 Å². The molecule has 6 atom stereocenters. The van der Waals surface area contributed by atoms with Crippen LogP contribution in [0.15, 0.2) is 30.5 Å². The highest BCUT2D eigenvalue weighted by atomic mass is 19.1. The molecule has 1 aromatic heterocycles. The number of nitrogens with one attached hydrogen (secondary N) is 3. The predicted octanol–water partition coefficient (Wildman–Crippen LogP) is 4.24. The van der Waals surface area contributed by atoms with Crippen molar-refractivity contribution in [3.05, 3.63) is 53.1 Å². The van der Waals surface area contributed by atoms with E-state index in [-0.39, 0.29) is 29.7 Å². The van der Waals surface area contributed by atoms with Crippen LogP contribution >= 0.6 is 0 Å². The van der Waals surface area contributed by atoms with Gasteiger partial charge < -0.3 is 14.8 Å². The van der Waals surface area contributed by atoms with Crippen LogP contribution in [0.4, 0.5) is 4.39 Å². The van der Waals surface area contributed by atoms with E-state index >= 15 is 4.39 Å². The maximum Gasteiger partial charge on any atom is 0.125 e. The standard InChI is InChI=1S/C29H40FN5O2/c1-2-19-14-21(36)5-6-22(19)23-7-8-24-27(26(23)30)33-34-28(24)29-31-15-25(32-29)20-9-11-35(12-10-20)16-18-4-3-13-37-17-18/h5-6,9,14-15,18,23-24,26-28,33-34,36H,2-4,7-8,10-13,16-17H2,1H3,(H,31,32). The Morgan fingerprint density at radius 2 is 2.14 bits per heavy atom. The van der Waals surface area contributed by atoms with Gasteiger partial charge in [-0.25, -0.2) is 14.8 Å². The number of alkyl halides is 1. The summed E-state index contributed by atoms with van der Waals surface area (Å²) in [6.07, 6.45) is 9.25. The fourth-order valence-corrected chi connectivity index (χ4v) is 7.01. The quantitative estimate of drug-likeness (QED) is 0.466. The van der Waals surface area contributed by atoms with E-state index in [0.717, 1.165) is 81.2 Å². The summed E-state index contributed by atoms with van der Waals surface area (Å²) in [6.45, 7) is 7.02. The topological polar surface area (TPSA) is 85.4 Å². The molecule has 1 aliphatic carbocycles. The lowest BCUT2D eigenvalue weighted by molar-refractivity contribution is 0.0400. The third-order valence-corrected chi connectivity index (χ3v) is 9.04. The molecule has 0 spiro atoms. The molecule has 4 heterocycles. The molecule has 7 nitrogen and oxygen atoms in total. The molecule has 2 saturated heterocycles. The number of hydrogen-bond acceptors (Lipinski definition) is 6. The molecule has 3 fully saturated rings. The summed E-state index contributed by atoms with van der Waals surface area (Å²) >= 11 is 0. The lowest BCUT2D eigenvalue weighted by Gasteiger charge is -2.36. The first kappa shape index (κ1) is 25.0. The summed E-state index contributed by atoms with van der Waals surface area (Å²) in [5.74, 6) is 1.78. The van der Waals surface area contributed by atoms with Crippen LogP contribution in [-0.4, -0.2) is 65.0 Å². The second-order valence-corrected chi connectivity index (χ2v) is 11.3. The minimum atomic E-state index is -0.998. The normalized spacial score (nSPS) is 32.8. The Bertz CT molecular complexity index is 1110. The SMILES string of the molecule is CCc1cc(O)ccc1C1CCC2C(c3ncc(C4=CCN(CC5CCCOC5)CC4)[nH]3)NNC2C1F. The number of hydrogen-bond donors (Lipinski definition) is 4. The smallest absolute Gasteiger partial charge is 0.125 e. The average Bonchev–Trinajstić information content (AvgIpc) is 3.58. The minimum absolute atomic E-state index is 0.0320. The largest absolute Gasteiger partial charge is 0.508 e. The van der Waals surface area contributed by atoms with Gasteiger partial charge in [-0.1, -0.05) is 19.1 Å². The summed E-state index contributed by atoms with van der Waals surface area (Å²) in [5.41, 5.74) is 11.1. The maximum atomic E-state index is 15.9. The molecule has 4 N–H and O–H groups in total. The molecule has 1 aromatic carbocycles. The van der Waals surface area contributed by atoms with Crippen LogP contribution in [0.25, 0.3) is 5.57 Å². The number of rotatable bonds is 6. The maximum absolute atomic E-state index is 15.9. The van der Waals surface area contributed by atoms with E-state index in [1.807, 2.05) is 12.3 Å². The number of aromatic nitrogens is 2. The van der Waals surface area contributed by atoms with Crippen LogP contribution in [-0.2, 0) is 11.2 Å². The van der Waals surface area contributed by atoms with Gasteiger partial charge >= 0.3 is 0 Å². The van der Waals surface area contributed by atoms with E-state index < -0.39 is 6.17 Å². The zero-order chi connectivity index (χ0) is 25.4. The highest BCUT2D eigenvalue weighted by Crippen LogP contribution is 2.45. The number of aromatic hydroxyl groups is 1. The summed E-state index contributed by atoms with van der Waals surface area (Å²) < 4.78 is 21.5. The fourth-order valence-electron chi connectivity index (χ4n) is 7.01. The molecule has 0 radical (unpaired) electrons. The van der Waals surface area contributed by atoms with Crippen LogP contribution in [0.1, 0.15) is 73.6 Å². The van der Waals surface area contributed by atoms with Gasteiger partial charge in [0.1, 0.15) is 17.7 Å². The molecule has 0 amide bonds. The van der Waals surface area contributed by atoms with Gasteiger partial charge in [-0.05, 0) is 73.3 Å². The molecule has 2 aromatic rings. The number of nitrogens with zero attached hydrogens (tertiary/aromatic N) is 2. The van der Waals surface area contributed by atoms with Gasteiger partial charge in [0.15, 0.2) is 0 Å². The summed E-state index contributed by atoms with van der Waals surface area (Å²) in [7, 11) is 0. The summed E-state index contributed by atoms with van der Waals surface area (Å²) in [6, 6.07) is 5.08. The number of fused-ring (bicyclic) bond motifs is 1. The van der Waals surface area contributed by atoms with Crippen LogP contribution in [0, 0.1) is 11.8 Å². The molecule has 8 heteroatoms. The number of benzene rings is 1. The molecule has 6 unspecified atom stereocenters. The first-order chi connectivity index (χ1) is 18.1. The number of H-pyrrole nitrogens is 1. The van der Waals surface area contributed by atoms with E-state index in [0.29, 0.717) is 5.92 Å². The molecule has 0 bridgehead atoms. The van der Waals surface area contributed by atoms with E-state index in [9.17, 15) is 5.11 Å². The van der Waals surface area contributed by atoms with E-state index in [2.05, 4.69) is 33.7 Å². The Morgan fingerprint density at radius 3 is 2.92 bits per heavy atom. The van der Waals surface area contributed by atoms with Crippen molar-refractivity contribution in [3.8, 4) is 5.75 Å². The monoisotopic (exact) mass is 509 g/mol. The van der Waals surface area contributed by atoms with Crippen LogP contribution < -0.4 is 10.9 Å². The number of aryl methyl sites for hydroxylation is 1. The predicted molar refractivity (Wildman–Crippen MR) is 142 cm³/mol. The number of aromatic amines is 1. The highest BCUT2D eigenvalue weighted by molar-refractivity contribution is 5.63. The van der Waals surface area contributed by atoms with Gasteiger partial charge in [-0.15, -0.1) is 0 Å². The van der Waals surface area contributed by atoms with Crippen molar-refractivity contribution in [2.24, 2.45) is 11.8 Å². The van der Waals surface area contributed by atoms with Crippen molar-refractivity contribution >= 4 is 5.57 Å². The van der Waals surface area contributed by atoms with Crippen molar-refractivity contribution in [3.63, 3.8) is 0 Å². The van der Waals surface area contributed by atoms with Gasteiger partial charge in [-0.2, -0.15) is 0 Å². The molecule has 3 aliphatic heterocycles. The summed E-state index contributed by atoms with van der Waals surface area (Å²) in [5, 5.41) is 9.88. The van der Waals surface area contributed by atoms with Gasteiger partial charge in [0.2, 0.25) is 0 Å². The molecule has 4 aliphatic rings. The van der Waals surface area contributed by atoms with Gasteiger partial charge in [-0.3, -0.25) is 10.3 Å². The molecular formula is C29H40FN5O2. The first-order valence-corrected chi connectivity index (χ1v) is 14.1. The third-order valence-electron chi connectivity index (χ3n) is 9.04. The third kappa shape index (κ3) is 5.09. The van der Waals surface area contributed by atoms with Crippen molar-refractivity contribution in [1.82, 2.24) is 25.7 Å². The molecule has 1 saturated carbocycles. The Balaban J connectivity index is 1.10. The zero-order valence-corrected chi connectivity index (χ0v) is 21.8. The fraction of sp³-hybridized carbons (Fsp3) is 0.621. The average molecular weight is 510 g/mol. The van der Waals surface area contributed by atoms with E-state index in [1.165, 1.54) is 18.4 Å². The zero-order valence-electron chi connectivity index (χ0n) is 21.8. The van der Waals surface area contributed by atoms with E-state index in [4.69, 9.17) is 9.72 Å². The van der Waals surface area contributed by atoms with Gasteiger partial charge in [0.05, 0.1) is 30.6 Å². The van der Waals surface area contributed by atoms with Crippen molar-refractivity contribution in [2.75, 3.05) is 32.8 Å². The molecule has 37 heavy (non-hydrogen) atoms. The van der Waals surface area contributed by atoms with Gasteiger partial charge in [0.25, 0.3) is 0 Å². The number of halogens is 1. The Hall–Kier alpha value is -2.26. The Labute approximate surface area is 218 Å².